The Morgan fingerprint density at radius 1 is 0.769 bits per heavy atom. The van der Waals surface area contributed by atoms with Gasteiger partial charge in [0, 0.05) is 16.0 Å². The van der Waals surface area contributed by atoms with Gasteiger partial charge >= 0.3 is 0 Å². The van der Waals surface area contributed by atoms with Crippen LogP contribution in [0, 0.1) is 0 Å². The standard InChI is InChI=1S/C23H14O2S/c24-23-19-9-3-4-11-21(19)26-22(23)14-16-12-13-20(25-16)18-10-5-7-15-6-1-2-8-17(15)18/h1-14H. The zero-order chi connectivity index (χ0) is 17.5. The van der Waals surface area contributed by atoms with Gasteiger partial charge in [-0.1, -0.05) is 66.4 Å². The summed E-state index contributed by atoms with van der Waals surface area (Å²) in [5.41, 5.74) is 1.83. The number of carbonyl (C=O) groups is 1. The first-order valence-electron chi connectivity index (χ1n) is 8.41. The highest BCUT2D eigenvalue weighted by atomic mass is 32.2. The summed E-state index contributed by atoms with van der Waals surface area (Å²) in [6, 6.07) is 26.0. The van der Waals surface area contributed by atoms with Gasteiger partial charge in [0.25, 0.3) is 0 Å². The van der Waals surface area contributed by atoms with Crippen LogP contribution in [0.4, 0.5) is 0 Å². The van der Waals surface area contributed by atoms with Gasteiger partial charge in [-0.15, -0.1) is 0 Å². The SMILES string of the molecule is O=C1C(=Cc2ccc(-c3cccc4ccccc34)o2)Sc2ccccc21. The highest BCUT2D eigenvalue weighted by molar-refractivity contribution is 8.04. The zero-order valence-electron chi connectivity index (χ0n) is 13.8. The molecule has 0 N–H and O–H groups in total. The van der Waals surface area contributed by atoms with Crippen LogP contribution in [0.3, 0.4) is 0 Å². The van der Waals surface area contributed by atoms with E-state index in [1.807, 2.05) is 60.7 Å². The molecule has 2 nitrogen and oxygen atoms in total. The third-order valence-electron chi connectivity index (χ3n) is 4.53. The molecule has 0 fully saturated rings. The van der Waals surface area contributed by atoms with Crippen molar-refractivity contribution in [2.24, 2.45) is 0 Å². The fourth-order valence-corrected chi connectivity index (χ4v) is 4.31. The fraction of sp³-hybridized carbons (Fsp3) is 0. The maximum Gasteiger partial charge on any atom is 0.200 e. The van der Waals surface area contributed by atoms with Gasteiger partial charge in [-0.3, -0.25) is 4.79 Å². The maximum absolute atomic E-state index is 12.5. The molecule has 0 saturated carbocycles. The monoisotopic (exact) mass is 354 g/mol. The zero-order valence-corrected chi connectivity index (χ0v) is 14.6. The minimum atomic E-state index is 0.0636. The van der Waals surface area contributed by atoms with Crippen LogP contribution in [0.5, 0.6) is 0 Å². The summed E-state index contributed by atoms with van der Waals surface area (Å²) in [5, 5.41) is 2.33. The highest BCUT2D eigenvalue weighted by Crippen LogP contribution is 2.41. The molecule has 0 atom stereocenters. The minimum Gasteiger partial charge on any atom is -0.457 e. The van der Waals surface area contributed by atoms with E-state index in [0.717, 1.165) is 27.2 Å². The van der Waals surface area contributed by atoms with Crippen LogP contribution in [0.25, 0.3) is 28.2 Å². The topological polar surface area (TPSA) is 30.2 Å². The Morgan fingerprint density at radius 2 is 1.54 bits per heavy atom. The van der Waals surface area contributed by atoms with Gasteiger partial charge in [0.15, 0.2) is 0 Å². The van der Waals surface area contributed by atoms with Crippen molar-refractivity contribution in [2.75, 3.05) is 0 Å². The molecule has 1 aromatic heterocycles. The van der Waals surface area contributed by atoms with E-state index in [9.17, 15) is 4.79 Å². The Balaban J connectivity index is 1.53. The molecular weight excluding hydrogens is 340 g/mol. The van der Waals surface area contributed by atoms with Crippen molar-refractivity contribution >= 4 is 34.4 Å². The molecule has 0 aliphatic carbocycles. The summed E-state index contributed by atoms with van der Waals surface area (Å²) in [7, 11) is 0. The molecule has 0 bridgehead atoms. The molecule has 3 heteroatoms. The van der Waals surface area contributed by atoms with Crippen LogP contribution in [0.15, 0.2) is 93.1 Å². The van der Waals surface area contributed by atoms with Crippen LogP contribution in [0.2, 0.25) is 0 Å². The second kappa shape index (κ2) is 6.04. The summed E-state index contributed by atoms with van der Waals surface area (Å²) in [6.45, 7) is 0. The van der Waals surface area contributed by atoms with Crippen molar-refractivity contribution in [1.29, 1.82) is 0 Å². The number of thioether (sulfide) groups is 1. The number of hydrogen-bond acceptors (Lipinski definition) is 3. The lowest BCUT2D eigenvalue weighted by Gasteiger charge is -2.03. The lowest BCUT2D eigenvalue weighted by atomic mass is 10.0. The molecule has 124 valence electrons. The summed E-state index contributed by atoms with van der Waals surface area (Å²) in [4.78, 5) is 14.2. The van der Waals surface area contributed by atoms with Crippen LogP contribution in [0.1, 0.15) is 16.1 Å². The number of rotatable bonds is 2. The molecule has 0 unspecified atom stereocenters. The normalized spacial score (nSPS) is 14.9. The van der Waals surface area contributed by atoms with Crippen LogP contribution in [-0.4, -0.2) is 5.78 Å². The van der Waals surface area contributed by atoms with Gasteiger partial charge in [-0.25, -0.2) is 0 Å². The van der Waals surface area contributed by atoms with Crippen LogP contribution < -0.4 is 0 Å². The Labute approximate surface area is 155 Å². The molecule has 2 heterocycles. The molecular formula is C23H14O2S. The molecule has 0 spiro atoms. The average molecular weight is 354 g/mol. The van der Waals surface area contributed by atoms with E-state index in [4.69, 9.17) is 4.42 Å². The second-order valence-corrected chi connectivity index (χ2v) is 7.25. The van der Waals surface area contributed by atoms with Gasteiger partial charge in [0.2, 0.25) is 5.78 Å². The first-order valence-corrected chi connectivity index (χ1v) is 9.22. The Morgan fingerprint density at radius 3 is 2.46 bits per heavy atom. The summed E-state index contributed by atoms with van der Waals surface area (Å²) < 4.78 is 6.04. The number of carbonyl (C=O) groups excluding carboxylic acids is 1. The largest absolute Gasteiger partial charge is 0.457 e. The Hall–Kier alpha value is -3.04. The van der Waals surface area contributed by atoms with E-state index in [1.165, 1.54) is 17.1 Å². The molecule has 4 aromatic rings. The van der Waals surface area contributed by atoms with Crippen molar-refractivity contribution < 1.29 is 9.21 Å². The molecule has 1 aliphatic rings. The molecule has 5 rings (SSSR count). The van der Waals surface area contributed by atoms with E-state index in [-0.39, 0.29) is 5.78 Å². The third-order valence-corrected chi connectivity index (χ3v) is 5.63. The number of hydrogen-bond donors (Lipinski definition) is 0. The maximum atomic E-state index is 12.5. The van der Waals surface area contributed by atoms with E-state index < -0.39 is 0 Å². The Kier molecular flexibility index (Phi) is 3.54. The average Bonchev–Trinajstić information content (AvgIpc) is 3.27. The van der Waals surface area contributed by atoms with Gasteiger partial charge < -0.3 is 4.42 Å². The first kappa shape index (κ1) is 15.2. The van der Waals surface area contributed by atoms with Crippen molar-refractivity contribution in [3.63, 3.8) is 0 Å². The lowest BCUT2D eigenvalue weighted by molar-refractivity contribution is 0.104. The fourth-order valence-electron chi connectivity index (χ4n) is 3.28. The van der Waals surface area contributed by atoms with E-state index >= 15 is 0 Å². The second-order valence-electron chi connectivity index (χ2n) is 6.16. The van der Waals surface area contributed by atoms with Crippen LogP contribution >= 0.6 is 11.8 Å². The summed E-state index contributed by atoms with van der Waals surface area (Å²) in [5.74, 6) is 1.56. The molecule has 0 amide bonds. The number of furan rings is 1. The molecule has 3 aromatic carbocycles. The Bertz CT molecular complexity index is 1180. The molecule has 1 aliphatic heterocycles. The smallest absolute Gasteiger partial charge is 0.200 e. The van der Waals surface area contributed by atoms with Crippen LogP contribution in [-0.2, 0) is 0 Å². The number of fused-ring (bicyclic) bond motifs is 2. The first-order chi connectivity index (χ1) is 12.8. The summed E-state index contributed by atoms with van der Waals surface area (Å²) in [6.07, 6.45) is 1.83. The van der Waals surface area contributed by atoms with Gasteiger partial charge in [0.05, 0.1) is 4.91 Å². The van der Waals surface area contributed by atoms with E-state index in [1.54, 1.807) is 0 Å². The number of benzene rings is 3. The van der Waals surface area contributed by atoms with Crippen molar-refractivity contribution in [3.8, 4) is 11.3 Å². The molecule has 26 heavy (non-hydrogen) atoms. The number of allylic oxidation sites excluding steroid dienone is 1. The molecule has 0 radical (unpaired) electrons. The third kappa shape index (κ3) is 2.49. The number of ketones is 1. The van der Waals surface area contributed by atoms with E-state index in [0.29, 0.717) is 10.7 Å². The van der Waals surface area contributed by atoms with E-state index in [2.05, 4.69) is 24.3 Å². The lowest BCUT2D eigenvalue weighted by Crippen LogP contribution is -1.93. The van der Waals surface area contributed by atoms with Crippen molar-refractivity contribution in [1.82, 2.24) is 0 Å². The summed E-state index contributed by atoms with van der Waals surface area (Å²) >= 11 is 1.50. The predicted octanol–water partition coefficient (Wildman–Crippen LogP) is 6.43. The van der Waals surface area contributed by atoms with Crippen molar-refractivity contribution in [3.05, 3.63) is 95.1 Å². The van der Waals surface area contributed by atoms with Crippen molar-refractivity contribution in [2.45, 2.75) is 4.90 Å². The predicted molar refractivity (Wildman–Crippen MR) is 106 cm³/mol. The van der Waals surface area contributed by atoms with Gasteiger partial charge in [-0.2, -0.15) is 0 Å². The number of Topliss-reactive ketones (excluding diaryl/α,β-unsaturated/α-hetero) is 1. The quantitative estimate of drug-likeness (QED) is 0.389. The highest BCUT2D eigenvalue weighted by Gasteiger charge is 2.25. The minimum absolute atomic E-state index is 0.0636. The van der Waals surface area contributed by atoms with Gasteiger partial charge in [-0.05, 0) is 41.1 Å². The van der Waals surface area contributed by atoms with Gasteiger partial charge in [0.1, 0.15) is 11.5 Å². The molecule has 0 saturated heterocycles.